The molecule has 2 aliphatic carbocycles. The highest BCUT2D eigenvalue weighted by Crippen LogP contribution is 2.41. The third-order valence-corrected chi connectivity index (χ3v) is 14.1. The van der Waals surface area contributed by atoms with Gasteiger partial charge in [-0.3, -0.25) is 4.79 Å². The van der Waals surface area contributed by atoms with Crippen LogP contribution in [-0.2, 0) is 41.1 Å². The lowest BCUT2D eigenvalue weighted by molar-refractivity contribution is -0.169. The number of pyridine rings is 1. The van der Waals surface area contributed by atoms with Gasteiger partial charge >= 0.3 is 5.97 Å². The molecule has 5 N–H and O–H groups in total. The molecule has 2 aromatic carbocycles. The van der Waals surface area contributed by atoms with Crippen LogP contribution in [0.2, 0.25) is 4.34 Å². The standard InChI is InChI=1S/C42H47ClN6O6S2/c1-24-7-15-35(56-24)42(54,36-16-17-37(43)57-36)41(53)55-27-10-8-26(9-11-27)48(2)19-4-20-49-40-31-6-3-5-28(31)25(21-32(40)46-47-49)22-44-23-34(51)29-12-14-33(50)39-30(29)13-18-38(52)45-39/h7,12-18,21,26-27,34,44,50-51,54H,3-6,8-11,19-20,22-23H2,1-2H3,(H,45,52)/t26?,27?,34-,42?/m0/s1. The number of nitrogens with zero attached hydrogens (tertiary/aromatic N) is 4. The van der Waals surface area contributed by atoms with E-state index in [1.807, 2.05) is 13.0 Å². The van der Waals surface area contributed by atoms with Crippen molar-refractivity contribution >= 4 is 62.2 Å². The van der Waals surface area contributed by atoms with Crippen LogP contribution in [0.15, 0.2) is 59.4 Å². The zero-order valence-corrected chi connectivity index (χ0v) is 34.4. The van der Waals surface area contributed by atoms with Crippen LogP contribution in [-0.4, -0.2) is 78.4 Å². The number of H-pyrrole nitrogens is 1. The number of carbonyl (C=O) groups is 1. The van der Waals surface area contributed by atoms with Gasteiger partial charge in [0, 0.05) is 42.0 Å². The van der Waals surface area contributed by atoms with Crippen LogP contribution >= 0.6 is 34.3 Å². The summed E-state index contributed by atoms with van der Waals surface area (Å²) >= 11 is 8.78. The van der Waals surface area contributed by atoms with Gasteiger partial charge in [0.05, 0.1) is 31.2 Å². The number of carbonyl (C=O) groups excluding carboxylic acids is 1. The Kier molecular flexibility index (Phi) is 11.6. The highest BCUT2D eigenvalue weighted by atomic mass is 35.5. The Morgan fingerprint density at radius 3 is 2.61 bits per heavy atom. The highest BCUT2D eigenvalue weighted by molar-refractivity contribution is 7.17. The Hall–Kier alpha value is -4.15. The summed E-state index contributed by atoms with van der Waals surface area (Å²) in [4.78, 5) is 32.5. The van der Waals surface area contributed by atoms with Crippen molar-refractivity contribution < 1.29 is 24.9 Å². The van der Waals surface area contributed by atoms with E-state index in [1.54, 1.807) is 30.3 Å². The number of rotatable bonds is 14. The summed E-state index contributed by atoms with van der Waals surface area (Å²) in [6, 6.07) is 15.8. The van der Waals surface area contributed by atoms with Gasteiger partial charge in [-0.05, 0) is 137 Å². The number of aliphatic hydroxyl groups excluding tert-OH is 1. The first-order valence-electron chi connectivity index (χ1n) is 19.6. The number of aromatic hydroxyl groups is 1. The van der Waals surface area contributed by atoms with Crippen molar-refractivity contribution in [1.82, 2.24) is 30.2 Å². The van der Waals surface area contributed by atoms with Crippen LogP contribution in [0.4, 0.5) is 0 Å². The molecule has 2 aliphatic rings. The van der Waals surface area contributed by atoms with Crippen LogP contribution in [0.5, 0.6) is 5.75 Å². The minimum atomic E-state index is -1.88. The molecule has 8 rings (SSSR count). The van der Waals surface area contributed by atoms with Crippen molar-refractivity contribution in [2.75, 3.05) is 20.1 Å². The number of benzene rings is 2. The van der Waals surface area contributed by atoms with Crippen molar-refractivity contribution in [2.24, 2.45) is 0 Å². The summed E-state index contributed by atoms with van der Waals surface area (Å²) in [5.41, 5.74) is 4.56. The lowest BCUT2D eigenvalue weighted by atomic mass is 9.91. The number of aromatic amines is 1. The molecule has 15 heteroatoms. The van der Waals surface area contributed by atoms with Crippen LogP contribution in [0.1, 0.15) is 81.5 Å². The summed E-state index contributed by atoms with van der Waals surface area (Å²) in [6.45, 7) is 4.46. The van der Waals surface area contributed by atoms with Crippen molar-refractivity contribution in [2.45, 2.75) is 95.2 Å². The van der Waals surface area contributed by atoms with Gasteiger partial charge in [0.1, 0.15) is 17.4 Å². The van der Waals surface area contributed by atoms with Crippen molar-refractivity contribution in [3.63, 3.8) is 0 Å². The fourth-order valence-corrected chi connectivity index (χ4v) is 10.8. The number of aromatic nitrogens is 4. The third kappa shape index (κ3) is 8.01. The van der Waals surface area contributed by atoms with Crippen LogP contribution < -0.4 is 10.9 Å². The molecule has 1 unspecified atom stereocenters. The summed E-state index contributed by atoms with van der Waals surface area (Å²) in [7, 11) is 2.16. The quantitative estimate of drug-likeness (QED) is 0.0767. The van der Waals surface area contributed by atoms with E-state index in [4.69, 9.17) is 16.3 Å². The smallest absolute Gasteiger partial charge is 0.349 e. The Morgan fingerprint density at radius 2 is 1.86 bits per heavy atom. The number of hydrogen-bond donors (Lipinski definition) is 5. The number of esters is 1. The zero-order valence-electron chi connectivity index (χ0n) is 32.0. The van der Waals surface area contributed by atoms with Crippen molar-refractivity contribution in [1.29, 1.82) is 0 Å². The highest BCUT2D eigenvalue weighted by Gasteiger charge is 2.45. The summed E-state index contributed by atoms with van der Waals surface area (Å²) in [5.74, 6) is -0.679. The fraction of sp³-hybridized carbons (Fsp3) is 0.429. The van der Waals surface area contributed by atoms with Gasteiger partial charge in [-0.25, -0.2) is 9.48 Å². The number of phenols is 1. The van der Waals surface area contributed by atoms with Crippen LogP contribution in [0.3, 0.4) is 0 Å². The normalized spacial score (nSPS) is 18.6. The van der Waals surface area contributed by atoms with Crippen LogP contribution in [0.25, 0.3) is 21.9 Å². The second kappa shape index (κ2) is 16.6. The Bertz CT molecular complexity index is 2430. The van der Waals surface area contributed by atoms with Gasteiger partial charge in [0.15, 0.2) is 0 Å². The molecule has 0 radical (unpaired) electrons. The second-order valence-electron chi connectivity index (χ2n) is 15.4. The van der Waals surface area contributed by atoms with E-state index in [-0.39, 0.29) is 17.4 Å². The average Bonchev–Trinajstić information content (AvgIpc) is 4.03. The van der Waals surface area contributed by atoms with E-state index in [0.717, 1.165) is 85.9 Å². The fourth-order valence-electron chi connectivity index (χ4n) is 8.62. The molecule has 0 bridgehead atoms. The van der Waals surface area contributed by atoms with Crippen molar-refractivity contribution in [3.8, 4) is 5.75 Å². The minimum Gasteiger partial charge on any atom is -0.506 e. The average molecular weight is 831 g/mol. The summed E-state index contributed by atoms with van der Waals surface area (Å²) in [6.07, 6.45) is 6.12. The molecule has 57 heavy (non-hydrogen) atoms. The first kappa shape index (κ1) is 39.7. The zero-order chi connectivity index (χ0) is 39.8. The number of thiophene rings is 2. The van der Waals surface area contributed by atoms with Gasteiger partial charge < -0.3 is 35.3 Å². The molecular weight excluding hydrogens is 784 g/mol. The number of nitrogens with one attached hydrogen (secondary N) is 2. The van der Waals surface area contributed by atoms with Crippen molar-refractivity contribution in [3.05, 3.63) is 106 Å². The molecule has 0 spiro atoms. The maximum absolute atomic E-state index is 13.6. The summed E-state index contributed by atoms with van der Waals surface area (Å²) in [5, 5.41) is 46.3. The molecule has 0 amide bonds. The molecule has 4 aromatic heterocycles. The molecule has 2 atom stereocenters. The maximum Gasteiger partial charge on any atom is 0.349 e. The SMILES string of the molecule is Cc1ccc(C(O)(C(=O)OC2CCC(N(C)CCCn3nnc4cc(CNC[C@H](O)c5ccc(O)c6[nH]c(=O)ccc56)c5c(c43)CCC5)CC2)c2ccc(Cl)s2)s1. The van der Waals surface area contributed by atoms with E-state index >= 15 is 0 Å². The Labute approximate surface area is 343 Å². The van der Waals surface area contributed by atoms with E-state index in [1.165, 1.54) is 45.9 Å². The lowest BCUT2D eigenvalue weighted by Gasteiger charge is -2.35. The lowest BCUT2D eigenvalue weighted by Crippen LogP contribution is -2.42. The summed E-state index contributed by atoms with van der Waals surface area (Å²) < 4.78 is 8.57. The van der Waals surface area contributed by atoms with E-state index < -0.39 is 17.7 Å². The van der Waals surface area contributed by atoms with E-state index in [2.05, 4.69) is 43.3 Å². The monoisotopic (exact) mass is 830 g/mol. The van der Waals surface area contributed by atoms with Gasteiger partial charge in [-0.15, -0.1) is 27.8 Å². The van der Waals surface area contributed by atoms with E-state index in [0.29, 0.717) is 49.7 Å². The predicted octanol–water partition coefficient (Wildman–Crippen LogP) is 6.49. The molecule has 0 aliphatic heterocycles. The molecule has 300 valence electrons. The first-order chi connectivity index (χ1) is 27.5. The minimum absolute atomic E-state index is 0.0343. The first-order valence-corrected chi connectivity index (χ1v) is 21.6. The van der Waals surface area contributed by atoms with Gasteiger partial charge in [0.25, 0.3) is 0 Å². The Balaban J connectivity index is 0.844. The number of aryl methyl sites for hydroxylation is 3. The van der Waals surface area contributed by atoms with Gasteiger partial charge in [-0.2, -0.15) is 0 Å². The molecule has 0 saturated heterocycles. The molecule has 12 nitrogen and oxygen atoms in total. The molecule has 6 aromatic rings. The topological polar surface area (TPSA) is 166 Å². The Morgan fingerprint density at radius 1 is 1.09 bits per heavy atom. The molecule has 4 heterocycles. The molecule has 1 saturated carbocycles. The predicted molar refractivity (Wildman–Crippen MR) is 223 cm³/mol. The number of halogens is 1. The number of phenolic OH excluding ortho intramolecular Hbond substituents is 1. The number of hydrogen-bond acceptors (Lipinski definition) is 12. The third-order valence-electron chi connectivity index (χ3n) is 11.6. The van der Waals surface area contributed by atoms with Gasteiger partial charge in [-0.1, -0.05) is 22.9 Å². The maximum atomic E-state index is 13.6. The molecule has 1 fully saturated rings. The second-order valence-corrected chi connectivity index (χ2v) is 18.4. The van der Waals surface area contributed by atoms with Crippen LogP contribution in [0, 0.1) is 6.92 Å². The largest absolute Gasteiger partial charge is 0.506 e. The number of ether oxygens (including phenoxy) is 1. The van der Waals surface area contributed by atoms with Gasteiger partial charge in [0.2, 0.25) is 11.2 Å². The molecular formula is C42H47ClN6O6S2. The van der Waals surface area contributed by atoms with E-state index in [9.17, 15) is 24.9 Å². The number of aliphatic hydroxyl groups is 2. The number of fused-ring (bicyclic) bond motifs is 4.